The first-order chi connectivity index (χ1) is 16.7. The molecule has 0 spiro atoms. The molecule has 0 amide bonds. The maximum absolute atomic E-state index is 15.3. The minimum atomic E-state index is -0.208. The van der Waals surface area contributed by atoms with E-state index in [1.165, 1.54) is 21.9 Å². The van der Waals surface area contributed by atoms with Crippen LogP contribution in [0.15, 0.2) is 97.2 Å². The van der Waals surface area contributed by atoms with E-state index >= 15 is 4.39 Å². The normalized spacial score (nSPS) is 11.7. The lowest BCUT2D eigenvalue weighted by Gasteiger charge is -2.23. The van der Waals surface area contributed by atoms with Gasteiger partial charge >= 0.3 is 0 Å². The van der Waals surface area contributed by atoms with Gasteiger partial charge < -0.3 is 0 Å². The van der Waals surface area contributed by atoms with E-state index in [1.54, 1.807) is 6.07 Å². The van der Waals surface area contributed by atoms with Crippen molar-refractivity contribution in [3.8, 4) is 27.9 Å². The summed E-state index contributed by atoms with van der Waals surface area (Å²) in [5, 5.41) is 2.51. The Morgan fingerprint density at radius 2 is 1.23 bits per heavy atom. The Kier molecular flexibility index (Phi) is 5.76. The number of fused-ring (bicyclic) bond motifs is 1. The summed E-state index contributed by atoms with van der Waals surface area (Å²) in [4.78, 5) is 0. The lowest BCUT2D eigenvalue weighted by Crippen LogP contribution is -2.36. The zero-order valence-electron chi connectivity index (χ0n) is 21.1. The smallest absolute Gasteiger partial charge is 0.206 e. The minimum Gasteiger partial charge on any atom is -0.206 e. The molecule has 0 N–H and O–H groups in total. The van der Waals surface area contributed by atoms with Crippen LogP contribution >= 0.6 is 0 Å². The third-order valence-corrected chi connectivity index (χ3v) is 6.89. The lowest BCUT2D eigenvalue weighted by atomic mass is 9.82. The fourth-order valence-corrected chi connectivity index (χ4v) is 4.94. The standard InChI is InChI=1S/C33H31FN/c1-22-19-31(34)29(26-17-15-25(16-18-26)24-11-7-6-8-12-24)21-35(22)32-20-30(33(3,4)5)28-14-10-9-13-27(28)23(32)2/h6-21H,1-5H3/q+1. The zero-order valence-corrected chi connectivity index (χ0v) is 21.1. The number of aromatic nitrogens is 1. The van der Waals surface area contributed by atoms with Crippen molar-refractivity contribution in [2.75, 3.05) is 0 Å². The quantitative estimate of drug-likeness (QED) is 0.238. The number of rotatable bonds is 3. The Labute approximate surface area is 207 Å². The first-order valence-corrected chi connectivity index (χ1v) is 12.1. The summed E-state index contributed by atoms with van der Waals surface area (Å²) in [5.41, 5.74) is 8.16. The van der Waals surface area contributed by atoms with E-state index in [9.17, 15) is 0 Å². The Hall–Kier alpha value is -3.78. The molecule has 0 aliphatic carbocycles. The second-order valence-electron chi connectivity index (χ2n) is 10.4. The molecule has 0 bridgehead atoms. The van der Waals surface area contributed by atoms with E-state index in [-0.39, 0.29) is 11.2 Å². The molecular formula is C33H31FN+. The highest BCUT2D eigenvalue weighted by atomic mass is 19.1. The van der Waals surface area contributed by atoms with E-state index in [0.717, 1.165) is 28.1 Å². The van der Waals surface area contributed by atoms with Crippen molar-refractivity contribution in [1.82, 2.24) is 0 Å². The number of pyridine rings is 1. The first kappa shape index (κ1) is 23.0. The van der Waals surface area contributed by atoms with E-state index in [2.05, 4.69) is 86.9 Å². The van der Waals surface area contributed by atoms with E-state index < -0.39 is 0 Å². The van der Waals surface area contributed by atoms with Gasteiger partial charge in [-0.3, -0.25) is 0 Å². The van der Waals surface area contributed by atoms with Crippen LogP contribution in [-0.2, 0) is 5.41 Å². The first-order valence-electron chi connectivity index (χ1n) is 12.1. The molecule has 0 saturated heterocycles. The van der Waals surface area contributed by atoms with Crippen molar-refractivity contribution < 1.29 is 8.96 Å². The number of nitrogens with zero attached hydrogens (tertiary/aromatic N) is 1. The van der Waals surface area contributed by atoms with Crippen molar-refractivity contribution in [3.63, 3.8) is 0 Å². The van der Waals surface area contributed by atoms with Crippen LogP contribution in [0.5, 0.6) is 0 Å². The molecule has 1 heterocycles. The number of halogens is 1. The van der Waals surface area contributed by atoms with Gasteiger partial charge in [0.25, 0.3) is 0 Å². The summed E-state index contributed by atoms with van der Waals surface area (Å²) in [6, 6.07) is 30.9. The molecule has 35 heavy (non-hydrogen) atoms. The fourth-order valence-electron chi connectivity index (χ4n) is 4.94. The molecule has 0 radical (unpaired) electrons. The van der Waals surface area contributed by atoms with Gasteiger partial charge in [-0.05, 0) is 45.4 Å². The van der Waals surface area contributed by atoms with Gasteiger partial charge in [0.2, 0.25) is 5.69 Å². The molecule has 0 unspecified atom stereocenters. The van der Waals surface area contributed by atoms with Crippen LogP contribution in [0.25, 0.3) is 38.7 Å². The third-order valence-electron chi connectivity index (χ3n) is 6.89. The van der Waals surface area contributed by atoms with Gasteiger partial charge in [0.15, 0.2) is 11.9 Å². The largest absolute Gasteiger partial charge is 0.214 e. The predicted octanol–water partition coefficient (Wildman–Crippen LogP) is 8.50. The molecule has 4 aromatic carbocycles. The Morgan fingerprint density at radius 1 is 0.657 bits per heavy atom. The van der Waals surface area contributed by atoms with Crippen LogP contribution in [0.2, 0.25) is 0 Å². The number of aryl methyl sites for hydroxylation is 2. The second kappa shape index (κ2) is 8.78. The van der Waals surface area contributed by atoms with Crippen molar-refractivity contribution in [2.24, 2.45) is 0 Å². The summed E-state index contributed by atoms with van der Waals surface area (Å²) in [6.45, 7) is 10.9. The average molecular weight is 461 g/mol. The predicted molar refractivity (Wildman–Crippen MR) is 144 cm³/mol. The van der Waals surface area contributed by atoms with Crippen molar-refractivity contribution in [3.05, 3.63) is 120 Å². The maximum Gasteiger partial charge on any atom is 0.214 e. The van der Waals surface area contributed by atoms with Crippen molar-refractivity contribution in [1.29, 1.82) is 0 Å². The van der Waals surface area contributed by atoms with Gasteiger partial charge in [-0.25, -0.2) is 4.39 Å². The molecule has 1 aromatic heterocycles. The van der Waals surface area contributed by atoms with Crippen LogP contribution in [0.1, 0.15) is 37.6 Å². The number of benzene rings is 4. The zero-order chi connectivity index (χ0) is 24.7. The molecule has 0 saturated carbocycles. The number of hydrogen-bond donors (Lipinski definition) is 0. The van der Waals surface area contributed by atoms with Crippen LogP contribution < -0.4 is 4.57 Å². The lowest BCUT2D eigenvalue weighted by molar-refractivity contribution is -0.602. The van der Waals surface area contributed by atoms with Crippen LogP contribution in [0.3, 0.4) is 0 Å². The van der Waals surface area contributed by atoms with Crippen molar-refractivity contribution >= 4 is 10.8 Å². The van der Waals surface area contributed by atoms with Crippen LogP contribution in [-0.4, -0.2) is 0 Å². The van der Waals surface area contributed by atoms with Gasteiger partial charge in [0.1, 0.15) is 5.82 Å². The van der Waals surface area contributed by atoms with Gasteiger partial charge in [-0.15, -0.1) is 0 Å². The van der Waals surface area contributed by atoms with E-state index in [1.807, 2.05) is 43.5 Å². The van der Waals surface area contributed by atoms with Crippen molar-refractivity contribution in [2.45, 2.75) is 40.0 Å². The molecule has 1 nitrogen and oxygen atoms in total. The summed E-state index contributed by atoms with van der Waals surface area (Å²) in [7, 11) is 0. The fraction of sp³-hybridized carbons (Fsp3) is 0.182. The Bertz CT molecular complexity index is 1520. The molecule has 5 aromatic rings. The molecule has 5 rings (SSSR count). The Morgan fingerprint density at radius 3 is 1.89 bits per heavy atom. The highest BCUT2D eigenvalue weighted by Crippen LogP contribution is 2.34. The molecule has 0 atom stereocenters. The van der Waals surface area contributed by atoms with Gasteiger partial charge in [0.05, 0.1) is 5.56 Å². The average Bonchev–Trinajstić information content (AvgIpc) is 2.85. The topological polar surface area (TPSA) is 3.88 Å². The third kappa shape index (κ3) is 4.25. The van der Waals surface area contributed by atoms with Crippen LogP contribution in [0, 0.1) is 19.7 Å². The minimum absolute atomic E-state index is 0.0212. The molecule has 0 aliphatic rings. The molecule has 2 heteroatoms. The summed E-state index contributed by atoms with van der Waals surface area (Å²) < 4.78 is 17.4. The maximum atomic E-state index is 15.3. The highest BCUT2D eigenvalue weighted by Gasteiger charge is 2.25. The van der Waals surface area contributed by atoms with E-state index in [4.69, 9.17) is 0 Å². The van der Waals surface area contributed by atoms with Gasteiger partial charge in [-0.1, -0.05) is 99.6 Å². The SMILES string of the molecule is Cc1c(-[n+]2cc(-c3ccc(-c4ccccc4)cc3)c(F)cc2C)cc(C(C)(C)C)c2ccccc12. The number of hydrogen-bond acceptors (Lipinski definition) is 0. The Balaban J connectivity index is 1.67. The van der Waals surface area contributed by atoms with Crippen LogP contribution in [0.4, 0.5) is 4.39 Å². The molecule has 174 valence electrons. The van der Waals surface area contributed by atoms with Gasteiger partial charge in [-0.2, -0.15) is 4.57 Å². The highest BCUT2D eigenvalue weighted by molar-refractivity contribution is 5.91. The van der Waals surface area contributed by atoms with Gasteiger partial charge in [0, 0.05) is 24.6 Å². The molecule has 0 fully saturated rings. The molecular weight excluding hydrogens is 429 g/mol. The molecule has 0 aliphatic heterocycles. The summed E-state index contributed by atoms with van der Waals surface area (Å²) >= 11 is 0. The summed E-state index contributed by atoms with van der Waals surface area (Å²) in [5.74, 6) is -0.208. The monoisotopic (exact) mass is 460 g/mol. The second-order valence-corrected chi connectivity index (χ2v) is 10.4. The van der Waals surface area contributed by atoms with E-state index in [0.29, 0.717) is 5.56 Å². The summed E-state index contributed by atoms with van der Waals surface area (Å²) in [6.07, 6.45) is 1.95.